The van der Waals surface area contributed by atoms with E-state index in [0.29, 0.717) is 23.6 Å². The van der Waals surface area contributed by atoms with Crippen LogP contribution >= 0.6 is 11.6 Å². The van der Waals surface area contributed by atoms with E-state index in [0.717, 1.165) is 5.56 Å². The number of nitrogens with zero attached hydrogens (tertiary/aromatic N) is 2. The van der Waals surface area contributed by atoms with Gasteiger partial charge < -0.3 is 9.26 Å². The Kier molecular flexibility index (Phi) is 5.55. The van der Waals surface area contributed by atoms with Crippen LogP contribution < -0.4 is 9.46 Å². The average Bonchev–Trinajstić information content (AvgIpc) is 3.11. The molecule has 1 aromatic carbocycles. The molecule has 136 valence electrons. The summed E-state index contributed by atoms with van der Waals surface area (Å²) in [7, 11) is -2.06. The number of halogens is 1. The molecule has 3 aromatic rings. The minimum Gasteiger partial charge on any atom is -0.497 e. The van der Waals surface area contributed by atoms with Crippen LogP contribution in [-0.2, 0) is 16.4 Å². The fraction of sp³-hybridized carbons (Fsp3) is 0.176. The molecule has 9 heteroatoms. The predicted octanol–water partition coefficient (Wildman–Crippen LogP) is 2.92. The fourth-order valence-electron chi connectivity index (χ4n) is 2.26. The van der Waals surface area contributed by atoms with Gasteiger partial charge in [0.1, 0.15) is 15.8 Å². The van der Waals surface area contributed by atoms with Crippen LogP contribution in [0.5, 0.6) is 5.75 Å². The minimum atomic E-state index is -3.65. The quantitative estimate of drug-likeness (QED) is 0.620. The summed E-state index contributed by atoms with van der Waals surface area (Å²) in [6.07, 6.45) is 1.59. The van der Waals surface area contributed by atoms with Gasteiger partial charge in [-0.1, -0.05) is 28.9 Å². The second-order valence-corrected chi connectivity index (χ2v) is 7.53. The maximum absolute atomic E-state index is 12.2. The van der Waals surface area contributed by atoms with Gasteiger partial charge >= 0.3 is 0 Å². The molecule has 0 saturated heterocycles. The van der Waals surface area contributed by atoms with Crippen LogP contribution in [0.15, 0.2) is 58.1 Å². The van der Waals surface area contributed by atoms with Gasteiger partial charge in [-0.15, -0.1) is 0 Å². The van der Waals surface area contributed by atoms with Crippen LogP contribution in [0.3, 0.4) is 0 Å². The molecule has 2 heterocycles. The summed E-state index contributed by atoms with van der Waals surface area (Å²) < 4.78 is 37.4. The van der Waals surface area contributed by atoms with Gasteiger partial charge in [-0.25, -0.2) is 18.1 Å². The number of pyridine rings is 1. The molecule has 3 rings (SSSR count). The molecule has 0 bridgehead atoms. The number of methoxy groups -OCH3 is 1. The van der Waals surface area contributed by atoms with Crippen molar-refractivity contribution in [2.75, 3.05) is 13.7 Å². The number of sulfonamides is 1. The van der Waals surface area contributed by atoms with Gasteiger partial charge in [0.2, 0.25) is 10.0 Å². The lowest BCUT2D eigenvalue weighted by Crippen LogP contribution is -2.26. The highest BCUT2D eigenvalue weighted by Gasteiger charge is 2.14. The van der Waals surface area contributed by atoms with E-state index in [9.17, 15) is 8.42 Å². The molecule has 0 atom stereocenters. The largest absolute Gasteiger partial charge is 0.497 e. The van der Waals surface area contributed by atoms with Crippen molar-refractivity contribution >= 4 is 21.6 Å². The molecule has 0 fully saturated rings. The zero-order valence-corrected chi connectivity index (χ0v) is 15.4. The van der Waals surface area contributed by atoms with E-state index in [1.165, 1.54) is 18.3 Å². The third kappa shape index (κ3) is 4.40. The van der Waals surface area contributed by atoms with Crippen molar-refractivity contribution in [1.29, 1.82) is 0 Å². The molecule has 0 aliphatic rings. The molecular weight excluding hydrogens is 378 g/mol. The van der Waals surface area contributed by atoms with Crippen molar-refractivity contribution in [2.24, 2.45) is 0 Å². The number of rotatable bonds is 7. The Bertz CT molecular complexity index is 987. The van der Waals surface area contributed by atoms with E-state index in [1.54, 1.807) is 13.2 Å². The maximum Gasteiger partial charge on any atom is 0.242 e. The average molecular weight is 394 g/mol. The van der Waals surface area contributed by atoms with Gasteiger partial charge in [0, 0.05) is 30.8 Å². The molecule has 0 radical (unpaired) electrons. The maximum atomic E-state index is 12.2. The summed E-state index contributed by atoms with van der Waals surface area (Å²) in [6, 6.07) is 12.0. The Labute approximate surface area is 156 Å². The van der Waals surface area contributed by atoms with Crippen LogP contribution in [0.4, 0.5) is 0 Å². The highest BCUT2D eigenvalue weighted by molar-refractivity contribution is 7.89. The van der Waals surface area contributed by atoms with Gasteiger partial charge in [-0.2, -0.15) is 0 Å². The van der Waals surface area contributed by atoms with Crippen LogP contribution in [0.25, 0.3) is 11.3 Å². The zero-order chi connectivity index (χ0) is 18.6. The van der Waals surface area contributed by atoms with Gasteiger partial charge in [-0.3, -0.25) is 0 Å². The van der Waals surface area contributed by atoms with Gasteiger partial charge in [0.25, 0.3) is 0 Å². The summed E-state index contributed by atoms with van der Waals surface area (Å²) in [4.78, 5) is 3.83. The van der Waals surface area contributed by atoms with E-state index in [4.69, 9.17) is 20.9 Å². The third-order valence-electron chi connectivity index (χ3n) is 3.60. The first-order chi connectivity index (χ1) is 12.5. The lowest BCUT2D eigenvalue weighted by Gasteiger charge is -2.05. The highest BCUT2D eigenvalue weighted by Crippen LogP contribution is 2.24. The number of ether oxygens (including phenoxy) is 1. The zero-order valence-electron chi connectivity index (χ0n) is 13.8. The second-order valence-electron chi connectivity index (χ2n) is 5.38. The molecule has 0 aliphatic heterocycles. The normalized spacial score (nSPS) is 11.5. The Hall–Kier alpha value is -2.42. The van der Waals surface area contributed by atoms with E-state index >= 15 is 0 Å². The van der Waals surface area contributed by atoms with Crippen molar-refractivity contribution in [3.05, 3.63) is 59.5 Å². The van der Waals surface area contributed by atoms with Crippen molar-refractivity contribution in [3.8, 4) is 17.1 Å². The van der Waals surface area contributed by atoms with Gasteiger partial charge in [-0.05, 0) is 24.3 Å². The Morgan fingerprint density at radius 1 is 1.23 bits per heavy atom. The molecule has 2 aromatic heterocycles. The first kappa shape index (κ1) is 18.4. The monoisotopic (exact) mass is 393 g/mol. The summed E-state index contributed by atoms with van der Waals surface area (Å²) in [5.74, 6) is 1.30. The Morgan fingerprint density at radius 3 is 2.81 bits per heavy atom. The summed E-state index contributed by atoms with van der Waals surface area (Å²) in [5.41, 5.74) is 1.47. The van der Waals surface area contributed by atoms with Crippen LogP contribution in [0.2, 0.25) is 5.15 Å². The third-order valence-corrected chi connectivity index (χ3v) is 5.27. The number of nitrogens with one attached hydrogen (secondary N) is 1. The SMILES string of the molecule is COc1cccc(-c2cc(CCNS(=O)(=O)c3ccc(Cl)nc3)no2)c1. The fourth-order valence-corrected chi connectivity index (χ4v) is 3.35. The smallest absolute Gasteiger partial charge is 0.242 e. The van der Waals surface area contributed by atoms with Crippen molar-refractivity contribution in [3.63, 3.8) is 0 Å². The first-order valence-electron chi connectivity index (χ1n) is 7.69. The molecule has 0 aliphatic carbocycles. The summed E-state index contributed by atoms with van der Waals surface area (Å²) in [5, 5.41) is 4.20. The van der Waals surface area contributed by atoms with Crippen LogP contribution in [-0.4, -0.2) is 32.2 Å². The van der Waals surface area contributed by atoms with Crippen molar-refractivity contribution in [1.82, 2.24) is 14.9 Å². The van der Waals surface area contributed by atoms with E-state index in [-0.39, 0.29) is 16.6 Å². The topological polar surface area (TPSA) is 94.3 Å². The van der Waals surface area contributed by atoms with Gasteiger partial charge in [0.05, 0.1) is 12.8 Å². The Balaban J connectivity index is 1.62. The molecule has 1 N–H and O–H groups in total. The minimum absolute atomic E-state index is 0.0547. The standard InChI is InChI=1S/C17H16ClN3O4S/c1-24-14-4-2-3-12(9-14)16-10-13(21-25-16)7-8-20-26(22,23)15-5-6-17(18)19-11-15/h2-6,9-11,20H,7-8H2,1H3. The molecule has 0 amide bonds. The molecule has 0 saturated carbocycles. The summed E-state index contributed by atoms with van der Waals surface area (Å²) in [6.45, 7) is 0.176. The molecule has 7 nitrogen and oxygen atoms in total. The highest BCUT2D eigenvalue weighted by atomic mass is 35.5. The van der Waals surface area contributed by atoms with E-state index in [2.05, 4.69) is 14.9 Å². The number of aromatic nitrogens is 2. The summed E-state index contributed by atoms with van der Waals surface area (Å²) >= 11 is 5.67. The number of benzene rings is 1. The van der Waals surface area contributed by atoms with Gasteiger partial charge in [0.15, 0.2) is 5.76 Å². The van der Waals surface area contributed by atoms with Crippen molar-refractivity contribution < 1.29 is 17.7 Å². The second kappa shape index (κ2) is 7.86. The van der Waals surface area contributed by atoms with E-state index in [1.807, 2.05) is 24.3 Å². The molecule has 0 unspecified atom stereocenters. The van der Waals surface area contributed by atoms with E-state index < -0.39 is 10.0 Å². The molecule has 0 spiro atoms. The lowest BCUT2D eigenvalue weighted by atomic mass is 10.1. The van der Waals surface area contributed by atoms with Crippen LogP contribution in [0.1, 0.15) is 5.69 Å². The number of hydrogen-bond acceptors (Lipinski definition) is 6. The van der Waals surface area contributed by atoms with Crippen molar-refractivity contribution in [2.45, 2.75) is 11.3 Å². The first-order valence-corrected chi connectivity index (χ1v) is 9.55. The molecule has 26 heavy (non-hydrogen) atoms. The predicted molar refractivity (Wildman–Crippen MR) is 96.6 cm³/mol. The lowest BCUT2D eigenvalue weighted by molar-refractivity contribution is 0.412. The Morgan fingerprint density at radius 2 is 2.08 bits per heavy atom. The van der Waals surface area contributed by atoms with Crippen LogP contribution in [0, 0.1) is 0 Å². The number of hydrogen-bond donors (Lipinski definition) is 1. The molecular formula is C17H16ClN3O4S.